The number of unbranched alkanes of at least 4 members (excludes halogenated alkanes) is 9. The molecule has 0 heterocycles. The van der Waals surface area contributed by atoms with Crippen LogP contribution in [0, 0.1) is 76.4 Å². The van der Waals surface area contributed by atoms with E-state index in [-0.39, 0.29) is 0 Å². The highest BCUT2D eigenvalue weighted by Gasteiger charge is 2.55. The Balaban J connectivity index is 1.36. The van der Waals surface area contributed by atoms with Gasteiger partial charge < -0.3 is 5.32 Å². The van der Waals surface area contributed by atoms with Gasteiger partial charge in [0.25, 0.3) is 0 Å². The molecule has 5 saturated carbocycles. The van der Waals surface area contributed by atoms with Crippen LogP contribution in [0.2, 0.25) is 0 Å². The number of rotatable bonds is 26. The highest BCUT2D eigenvalue weighted by Crippen LogP contribution is 2.63. The molecular weight excluding hydrogens is 639 g/mol. The van der Waals surface area contributed by atoms with Gasteiger partial charge in [-0.2, -0.15) is 0 Å². The van der Waals surface area contributed by atoms with Gasteiger partial charge in [-0.05, 0) is 160 Å². The van der Waals surface area contributed by atoms with Gasteiger partial charge >= 0.3 is 0 Å². The van der Waals surface area contributed by atoms with E-state index in [4.69, 9.17) is 0 Å². The first-order chi connectivity index (χ1) is 25.9. The summed E-state index contributed by atoms with van der Waals surface area (Å²) >= 11 is 0. The molecule has 10 atom stereocenters. The van der Waals surface area contributed by atoms with Crippen LogP contribution in [-0.2, 0) is 0 Å². The first kappa shape index (κ1) is 44.1. The third-order valence-electron chi connectivity index (χ3n) is 18.3. The quantitative estimate of drug-likeness (QED) is 0.0872. The fourth-order valence-corrected chi connectivity index (χ4v) is 14.8. The van der Waals surface area contributed by atoms with Gasteiger partial charge in [-0.25, -0.2) is 0 Å². The van der Waals surface area contributed by atoms with Crippen molar-refractivity contribution >= 4 is 0 Å². The Labute approximate surface area is 334 Å². The largest absolute Gasteiger partial charge is 0.317 e. The standard InChI is InChI=1S/C52H97N/c1-7-10-12-13-14-15-17-30-50(44-34-32-43(33-35-44)49(42-25-21-26-42)29-18-19-36-53-9-3)52(6,48-37-41(5)46(39-48)24-16-11-8-2)51-31-22-28-47(51)38-45-27-20-23-40(45)4/h40-51,53H,7-39H2,1-6H3. The van der Waals surface area contributed by atoms with Crippen molar-refractivity contribution in [2.24, 2.45) is 76.4 Å². The normalized spacial score (nSPS) is 34.6. The lowest BCUT2D eigenvalue weighted by Gasteiger charge is -2.54. The number of nitrogens with one attached hydrogen (secondary N) is 1. The van der Waals surface area contributed by atoms with E-state index in [1.54, 1.807) is 89.9 Å². The maximum Gasteiger partial charge on any atom is -0.00490 e. The van der Waals surface area contributed by atoms with E-state index >= 15 is 0 Å². The smallest absolute Gasteiger partial charge is 0.00490 e. The first-order valence-corrected chi connectivity index (χ1v) is 25.6. The third-order valence-corrected chi connectivity index (χ3v) is 18.3. The van der Waals surface area contributed by atoms with Crippen molar-refractivity contribution in [1.29, 1.82) is 0 Å². The molecule has 5 rings (SSSR count). The molecule has 0 saturated heterocycles. The van der Waals surface area contributed by atoms with Gasteiger partial charge in [-0.1, -0.05) is 170 Å². The summed E-state index contributed by atoms with van der Waals surface area (Å²) in [4.78, 5) is 0. The number of hydrogen-bond acceptors (Lipinski definition) is 1. The van der Waals surface area contributed by atoms with Crippen LogP contribution in [0.25, 0.3) is 0 Å². The average Bonchev–Trinajstić information content (AvgIpc) is 3.88. The van der Waals surface area contributed by atoms with Gasteiger partial charge in [0.15, 0.2) is 0 Å². The summed E-state index contributed by atoms with van der Waals surface area (Å²) in [6.07, 6.45) is 47.1. The maximum absolute atomic E-state index is 3.61. The van der Waals surface area contributed by atoms with Crippen molar-refractivity contribution in [3.05, 3.63) is 0 Å². The van der Waals surface area contributed by atoms with Crippen molar-refractivity contribution in [3.8, 4) is 0 Å². The van der Waals surface area contributed by atoms with Gasteiger partial charge in [0.2, 0.25) is 0 Å². The summed E-state index contributed by atoms with van der Waals surface area (Å²) in [5.74, 6) is 12.2. The Morgan fingerprint density at radius 1 is 0.547 bits per heavy atom. The van der Waals surface area contributed by atoms with Crippen molar-refractivity contribution in [2.75, 3.05) is 13.1 Å². The Morgan fingerprint density at radius 2 is 1.17 bits per heavy atom. The molecule has 5 aliphatic rings. The molecule has 0 amide bonds. The monoisotopic (exact) mass is 736 g/mol. The van der Waals surface area contributed by atoms with E-state index in [0.29, 0.717) is 5.41 Å². The molecule has 53 heavy (non-hydrogen) atoms. The van der Waals surface area contributed by atoms with E-state index in [2.05, 4.69) is 46.9 Å². The Kier molecular flexibility index (Phi) is 19.4. The Morgan fingerprint density at radius 3 is 1.85 bits per heavy atom. The van der Waals surface area contributed by atoms with Gasteiger partial charge in [-0.3, -0.25) is 0 Å². The van der Waals surface area contributed by atoms with E-state index in [1.807, 2.05) is 0 Å². The molecule has 10 unspecified atom stereocenters. The molecule has 0 aromatic heterocycles. The zero-order valence-electron chi connectivity index (χ0n) is 37.3. The second-order valence-electron chi connectivity index (χ2n) is 21.4. The van der Waals surface area contributed by atoms with E-state index in [0.717, 1.165) is 77.6 Å². The van der Waals surface area contributed by atoms with Crippen LogP contribution in [0.1, 0.15) is 241 Å². The van der Waals surface area contributed by atoms with Crippen LogP contribution in [-0.4, -0.2) is 13.1 Å². The molecule has 0 bridgehead atoms. The molecule has 1 N–H and O–H groups in total. The average molecular weight is 736 g/mol. The lowest BCUT2D eigenvalue weighted by molar-refractivity contribution is -0.0527. The van der Waals surface area contributed by atoms with E-state index in [1.165, 1.54) is 116 Å². The predicted octanol–water partition coefficient (Wildman–Crippen LogP) is 16.2. The minimum absolute atomic E-state index is 0.566. The molecule has 0 aromatic carbocycles. The summed E-state index contributed by atoms with van der Waals surface area (Å²) in [6.45, 7) is 17.8. The van der Waals surface area contributed by atoms with Gasteiger partial charge in [0.1, 0.15) is 0 Å². The van der Waals surface area contributed by atoms with Crippen molar-refractivity contribution in [2.45, 2.75) is 241 Å². The molecule has 0 aromatic rings. The molecule has 1 heteroatoms. The molecule has 0 spiro atoms. The minimum atomic E-state index is 0.566. The van der Waals surface area contributed by atoms with Crippen LogP contribution in [0.4, 0.5) is 0 Å². The molecular formula is C52H97N. The lowest BCUT2D eigenvalue weighted by atomic mass is 9.51. The molecule has 5 fully saturated rings. The first-order valence-electron chi connectivity index (χ1n) is 25.6. The van der Waals surface area contributed by atoms with Crippen LogP contribution >= 0.6 is 0 Å². The van der Waals surface area contributed by atoms with Crippen LogP contribution in [0.15, 0.2) is 0 Å². The topological polar surface area (TPSA) is 12.0 Å². The molecule has 0 radical (unpaired) electrons. The van der Waals surface area contributed by atoms with Gasteiger partial charge in [-0.15, -0.1) is 0 Å². The lowest BCUT2D eigenvalue weighted by Crippen LogP contribution is -2.47. The SMILES string of the molecule is CCCCCCCCCC(C1CCC(C(CCCCNCC)C2CCC2)CC1)C(C)(C1CC(C)C(CCCCC)C1)C1CCCC1CC1CCCC1C. The summed E-state index contributed by atoms with van der Waals surface area (Å²) < 4.78 is 0. The summed E-state index contributed by atoms with van der Waals surface area (Å²) in [5.41, 5.74) is 0.566. The fourth-order valence-electron chi connectivity index (χ4n) is 14.8. The van der Waals surface area contributed by atoms with E-state index < -0.39 is 0 Å². The summed E-state index contributed by atoms with van der Waals surface area (Å²) in [6, 6.07) is 0. The molecule has 1 nitrogen and oxygen atoms in total. The third kappa shape index (κ3) is 12.2. The summed E-state index contributed by atoms with van der Waals surface area (Å²) in [5, 5.41) is 3.61. The zero-order chi connectivity index (χ0) is 37.5. The summed E-state index contributed by atoms with van der Waals surface area (Å²) in [7, 11) is 0. The Bertz CT molecular complexity index is 945. The highest BCUT2D eigenvalue weighted by molar-refractivity contribution is 5.04. The number of hydrogen-bond donors (Lipinski definition) is 1. The second kappa shape index (κ2) is 23.4. The van der Waals surface area contributed by atoms with Crippen LogP contribution < -0.4 is 5.32 Å². The fraction of sp³-hybridized carbons (Fsp3) is 1.00. The highest BCUT2D eigenvalue weighted by atomic mass is 14.8. The molecule has 0 aliphatic heterocycles. The predicted molar refractivity (Wildman–Crippen MR) is 234 cm³/mol. The maximum atomic E-state index is 3.61. The second-order valence-corrected chi connectivity index (χ2v) is 21.4. The van der Waals surface area contributed by atoms with Crippen LogP contribution in [0.3, 0.4) is 0 Å². The van der Waals surface area contributed by atoms with Gasteiger partial charge in [0.05, 0.1) is 0 Å². The zero-order valence-corrected chi connectivity index (χ0v) is 37.3. The van der Waals surface area contributed by atoms with Crippen molar-refractivity contribution < 1.29 is 0 Å². The molecule has 5 aliphatic carbocycles. The van der Waals surface area contributed by atoms with Gasteiger partial charge in [0, 0.05) is 0 Å². The molecule has 310 valence electrons. The van der Waals surface area contributed by atoms with Crippen molar-refractivity contribution in [3.63, 3.8) is 0 Å². The Hall–Kier alpha value is -0.0400. The van der Waals surface area contributed by atoms with Crippen LogP contribution in [0.5, 0.6) is 0 Å². The minimum Gasteiger partial charge on any atom is -0.317 e. The van der Waals surface area contributed by atoms with E-state index in [9.17, 15) is 0 Å². The van der Waals surface area contributed by atoms with Crippen molar-refractivity contribution in [1.82, 2.24) is 5.32 Å².